The molecule has 2 heterocycles. The highest BCUT2D eigenvalue weighted by Gasteiger charge is 2.12. The summed E-state index contributed by atoms with van der Waals surface area (Å²) in [7, 11) is 2.10. The highest BCUT2D eigenvalue weighted by atomic mass is 32.2. The van der Waals surface area contributed by atoms with Gasteiger partial charge in [-0.2, -0.15) is 0 Å². The van der Waals surface area contributed by atoms with Crippen LogP contribution >= 0.6 is 11.8 Å². The number of hydrogen-bond donors (Lipinski definition) is 0. The first-order valence-corrected chi connectivity index (χ1v) is 7.38. The number of thioether (sulfide) groups is 1. The van der Waals surface area contributed by atoms with Gasteiger partial charge in [0.1, 0.15) is 0 Å². The Labute approximate surface area is 118 Å². The van der Waals surface area contributed by atoms with Crippen LogP contribution in [0.15, 0.2) is 42.1 Å². The molecule has 0 amide bonds. The number of nitrogens with zero attached hydrogens (tertiary/aromatic N) is 4. The third-order valence-corrected chi connectivity index (χ3v) is 3.70. The van der Waals surface area contributed by atoms with Gasteiger partial charge in [-0.05, 0) is 31.9 Å². The Morgan fingerprint density at radius 3 is 2.58 bits per heavy atom. The minimum atomic E-state index is 0.314. The Hall–Kier alpha value is -1.46. The zero-order valence-corrected chi connectivity index (χ0v) is 12.3. The smallest absolute Gasteiger partial charge is 0.187 e. The number of aromatic nitrogens is 3. The molecule has 1 unspecified atom stereocenters. The first-order valence-electron chi connectivity index (χ1n) is 6.15. The van der Waals surface area contributed by atoms with E-state index < -0.39 is 0 Å². The summed E-state index contributed by atoms with van der Waals surface area (Å²) in [5.41, 5.74) is 2.34. The van der Waals surface area contributed by atoms with Gasteiger partial charge >= 0.3 is 0 Å². The van der Waals surface area contributed by atoms with Crippen molar-refractivity contribution >= 4 is 11.8 Å². The van der Waals surface area contributed by atoms with Gasteiger partial charge in [-0.25, -0.2) is 9.97 Å². The van der Waals surface area contributed by atoms with Crippen molar-refractivity contribution in [3.63, 3.8) is 0 Å². The van der Waals surface area contributed by atoms with E-state index in [0.717, 1.165) is 17.3 Å². The molecule has 0 N–H and O–H groups in total. The maximum Gasteiger partial charge on any atom is 0.187 e. The zero-order valence-electron chi connectivity index (χ0n) is 11.4. The third-order valence-electron chi connectivity index (χ3n) is 3.12. The molecule has 0 aliphatic rings. The van der Waals surface area contributed by atoms with Gasteiger partial charge in [0.2, 0.25) is 0 Å². The second-order valence-corrected chi connectivity index (χ2v) is 5.23. The first-order chi connectivity index (χ1) is 9.20. The predicted octanol–water partition coefficient (Wildman–Crippen LogP) is 2.79. The zero-order chi connectivity index (χ0) is 13.7. The van der Waals surface area contributed by atoms with E-state index >= 15 is 0 Å². The fourth-order valence-corrected chi connectivity index (χ4v) is 2.15. The van der Waals surface area contributed by atoms with Crippen LogP contribution in [0.1, 0.15) is 24.1 Å². The predicted molar refractivity (Wildman–Crippen MR) is 77.9 cm³/mol. The number of rotatable bonds is 5. The molecule has 0 aliphatic heterocycles. The molecule has 2 aromatic rings. The quantitative estimate of drug-likeness (QED) is 0.619. The Kier molecular flexibility index (Phi) is 4.87. The summed E-state index contributed by atoms with van der Waals surface area (Å²) < 4.78 is 0. The fraction of sp³-hybridized carbons (Fsp3) is 0.357. The van der Waals surface area contributed by atoms with E-state index in [4.69, 9.17) is 0 Å². The minimum absolute atomic E-state index is 0.314. The van der Waals surface area contributed by atoms with Crippen molar-refractivity contribution in [3.8, 4) is 0 Å². The molecule has 0 saturated heterocycles. The molecule has 0 bridgehead atoms. The van der Waals surface area contributed by atoms with Crippen LogP contribution < -0.4 is 0 Å². The molecule has 0 radical (unpaired) electrons. The van der Waals surface area contributed by atoms with Crippen molar-refractivity contribution in [2.45, 2.75) is 24.7 Å². The lowest BCUT2D eigenvalue weighted by molar-refractivity contribution is 0.252. The molecule has 0 spiro atoms. The molecular formula is C14H18N4S. The summed E-state index contributed by atoms with van der Waals surface area (Å²) >= 11 is 1.56. The van der Waals surface area contributed by atoms with E-state index in [1.165, 1.54) is 5.56 Å². The lowest BCUT2D eigenvalue weighted by Gasteiger charge is -2.24. The van der Waals surface area contributed by atoms with E-state index in [9.17, 15) is 0 Å². The lowest BCUT2D eigenvalue weighted by Crippen LogP contribution is -2.22. The second kappa shape index (κ2) is 6.63. The normalized spacial score (nSPS) is 12.6. The van der Waals surface area contributed by atoms with Gasteiger partial charge < -0.3 is 0 Å². The topological polar surface area (TPSA) is 41.9 Å². The monoisotopic (exact) mass is 274 g/mol. The minimum Gasteiger partial charge on any atom is -0.295 e. The Morgan fingerprint density at radius 1 is 1.26 bits per heavy atom. The molecule has 4 nitrogen and oxygen atoms in total. The Bertz CT molecular complexity index is 501. The van der Waals surface area contributed by atoms with Gasteiger partial charge in [0.15, 0.2) is 5.16 Å². The molecule has 2 rings (SSSR count). The van der Waals surface area contributed by atoms with Gasteiger partial charge in [-0.15, -0.1) is 0 Å². The maximum atomic E-state index is 4.30. The van der Waals surface area contributed by atoms with E-state index in [-0.39, 0.29) is 0 Å². The molecule has 0 aromatic carbocycles. The van der Waals surface area contributed by atoms with Crippen LogP contribution in [-0.4, -0.2) is 33.2 Å². The SMILES string of the molecule is CSc1ncc(CN(C)C(C)c2cccnc2)cn1. The van der Waals surface area contributed by atoms with Crippen LogP contribution in [0.25, 0.3) is 0 Å². The van der Waals surface area contributed by atoms with Crippen molar-refractivity contribution in [2.75, 3.05) is 13.3 Å². The highest BCUT2D eigenvalue weighted by Crippen LogP contribution is 2.19. The van der Waals surface area contributed by atoms with Crippen LogP contribution in [0.5, 0.6) is 0 Å². The van der Waals surface area contributed by atoms with E-state index in [1.54, 1.807) is 18.0 Å². The molecule has 5 heteroatoms. The standard InChI is InChI=1S/C14H18N4S/c1-11(13-5-4-6-15-9-13)18(2)10-12-7-16-14(19-3)17-8-12/h4-9,11H,10H2,1-3H3. The van der Waals surface area contributed by atoms with E-state index in [2.05, 4.69) is 39.9 Å². The summed E-state index contributed by atoms with van der Waals surface area (Å²) in [4.78, 5) is 15.0. The van der Waals surface area contributed by atoms with E-state index in [1.807, 2.05) is 30.9 Å². The first kappa shape index (κ1) is 14.0. The number of pyridine rings is 1. The van der Waals surface area contributed by atoms with Gasteiger partial charge in [0.05, 0.1) is 0 Å². The van der Waals surface area contributed by atoms with Crippen molar-refractivity contribution in [3.05, 3.63) is 48.0 Å². The van der Waals surface area contributed by atoms with Crippen LogP contribution in [0.3, 0.4) is 0 Å². The highest BCUT2D eigenvalue weighted by molar-refractivity contribution is 7.98. The summed E-state index contributed by atoms with van der Waals surface area (Å²) in [6.45, 7) is 3.00. The molecule has 100 valence electrons. The van der Waals surface area contributed by atoms with Crippen LogP contribution in [-0.2, 0) is 6.54 Å². The second-order valence-electron chi connectivity index (χ2n) is 4.46. The molecule has 2 aromatic heterocycles. The summed E-state index contributed by atoms with van der Waals surface area (Å²) in [6.07, 6.45) is 9.47. The summed E-state index contributed by atoms with van der Waals surface area (Å²) in [5, 5.41) is 0.812. The van der Waals surface area contributed by atoms with Crippen LogP contribution in [0.2, 0.25) is 0 Å². The lowest BCUT2D eigenvalue weighted by atomic mass is 10.1. The van der Waals surface area contributed by atoms with E-state index in [0.29, 0.717) is 6.04 Å². The van der Waals surface area contributed by atoms with Gasteiger partial charge in [0, 0.05) is 42.9 Å². The van der Waals surface area contributed by atoms with Crippen molar-refractivity contribution in [1.82, 2.24) is 19.9 Å². The molecule has 0 aliphatic carbocycles. The largest absolute Gasteiger partial charge is 0.295 e. The number of hydrogen-bond acceptors (Lipinski definition) is 5. The average molecular weight is 274 g/mol. The van der Waals surface area contributed by atoms with Crippen LogP contribution in [0.4, 0.5) is 0 Å². The van der Waals surface area contributed by atoms with Gasteiger partial charge in [0.25, 0.3) is 0 Å². The summed E-state index contributed by atoms with van der Waals surface area (Å²) in [6, 6.07) is 4.38. The Balaban J connectivity index is 2.01. The summed E-state index contributed by atoms with van der Waals surface area (Å²) in [5.74, 6) is 0. The van der Waals surface area contributed by atoms with Gasteiger partial charge in [-0.1, -0.05) is 17.8 Å². The molecule has 1 atom stereocenters. The van der Waals surface area contributed by atoms with Crippen molar-refractivity contribution in [1.29, 1.82) is 0 Å². The molecular weight excluding hydrogens is 256 g/mol. The fourth-order valence-electron chi connectivity index (χ4n) is 1.83. The molecule has 0 saturated carbocycles. The maximum absolute atomic E-state index is 4.30. The van der Waals surface area contributed by atoms with Crippen molar-refractivity contribution < 1.29 is 0 Å². The van der Waals surface area contributed by atoms with Crippen molar-refractivity contribution in [2.24, 2.45) is 0 Å². The van der Waals surface area contributed by atoms with Gasteiger partial charge in [-0.3, -0.25) is 9.88 Å². The third kappa shape index (κ3) is 3.75. The van der Waals surface area contributed by atoms with Crippen LogP contribution in [0, 0.1) is 0 Å². The Morgan fingerprint density at radius 2 is 2.00 bits per heavy atom. The average Bonchev–Trinajstić information content (AvgIpc) is 2.48. The molecule has 19 heavy (non-hydrogen) atoms. The molecule has 0 fully saturated rings.